The van der Waals surface area contributed by atoms with Gasteiger partial charge in [-0.1, -0.05) is 24.3 Å². The molecule has 138 valence electrons. The van der Waals surface area contributed by atoms with Crippen LogP contribution >= 0.6 is 0 Å². The molecular weight excluding hydrogens is 348 g/mol. The molecule has 4 N–H and O–H groups in total. The number of primary amides is 2. The van der Waals surface area contributed by atoms with E-state index < -0.39 is 12.0 Å². The van der Waals surface area contributed by atoms with Crippen molar-refractivity contribution < 1.29 is 19.1 Å². The molecule has 0 aliphatic rings. The number of amides is 2. The Morgan fingerprint density at radius 2 is 1.70 bits per heavy atom. The van der Waals surface area contributed by atoms with Gasteiger partial charge in [-0.05, 0) is 35.9 Å². The van der Waals surface area contributed by atoms with Gasteiger partial charge in [-0.15, -0.1) is 0 Å². The average molecular weight is 366 g/mol. The highest BCUT2D eigenvalue weighted by Crippen LogP contribution is 2.25. The summed E-state index contributed by atoms with van der Waals surface area (Å²) in [6.45, 7) is 0.0832. The Bertz CT molecular complexity index is 962. The van der Waals surface area contributed by atoms with Crippen LogP contribution in [0.4, 0.5) is 4.79 Å². The van der Waals surface area contributed by atoms with E-state index in [4.69, 9.17) is 20.9 Å². The van der Waals surface area contributed by atoms with Crippen LogP contribution in [0.3, 0.4) is 0 Å². The Morgan fingerprint density at radius 1 is 1.04 bits per heavy atom. The van der Waals surface area contributed by atoms with Crippen LogP contribution in [0.25, 0.3) is 16.9 Å². The lowest BCUT2D eigenvalue weighted by atomic mass is 10.1. The summed E-state index contributed by atoms with van der Waals surface area (Å²) in [4.78, 5) is 22.3. The van der Waals surface area contributed by atoms with Crippen molar-refractivity contribution in [3.05, 3.63) is 65.9 Å². The molecule has 2 aromatic carbocycles. The summed E-state index contributed by atoms with van der Waals surface area (Å²) in [7, 11) is 1.59. The van der Waals surface area contributed by atoms with Crippen LogP contribution in [0.15, 0.2) is 54.6 Å². The van der Waals surface area contributed by atoms with Gasteiger partial charge in [0.1, 0.15) is 12.4 Å². The van der Waals surface area contributed by atoms with Gasteiger partial charge in [0.25, 0.3) is 5.91 Å². The molecule has 0 saturated carbocycles. The molecule has 3 aromatic rings. The van der Waals surface area contributed by atoms with Crippen molar-refractivity contribution in [3.63, 3.8) is 0 Å². The average Bonchev–Trinajstić information content (AvgIpc) is 3.12. The number of ether oxygens (including phenoxy) is 2. The highest BCUT2D eigenvalue weighted by Gasteiger charge is 2.15. The lowest BCUT2D eigenvalue weighted by Gasteiger charge is -2.09. The quantitative estimate of drug-likeness (QED) is 0.693. The Labute approximate surface area is 155 Å². The maximum atomic E-state index is 11.6. The van der Waals surface area contributed by atoms with Gasteiger partial charge >= 0.3 is 6.09 Å². The fourth-order valence-corrected chi connectivity index (χ4v) is 2.55. The number of methoxy groups -OCH3 is 1. The minimum atomic E-state index is -0.831. The molecule has 0 bridgehead atoms. The first kappa shape index (κ1) is 18.0. The van der Waals surface area contributed by atoms with E-state index in [-0.39, 0.29) is 12.3 Å². The molecule has 8 nitrogen and oxygen atoms in total. The second kappa shape index (κ2) is 7.61. The molecule has 0 aliphatic heterocycles. The first-order valence-corrected chi connectivity index (χ1v) is 8.04. The van der Waals surface area contributed by atoms with Gasteiger partial charge in [0.2, 0.25) is 0 Å². The molecule has 0 fully saturated rings. The summed E-state index contributed by atoms with van der Waals surface area (Å²) >= 11 is 0. The van der Waals surface area contributed by atoms with Crippen molar-refractivity contribution in [3.8, 4) is 22.7 Å². The number of hydrogen-bond donors (Lipinski definition) is 2. The van der Waals surface area contributed by atoms with Gasteiger partial charge in [0.15, 0.2) is 5.69 Å². The number of benzene rings is 2. The third kappa shape index (κ3) is 4.06. The molecule has 1 aromatic heterocycles. The number of carbonyl (C=O) groups is 2. The van der Waals surface area contributed by atoms with Gasteiger partial charge in [-0.25, -0.2) is 9.48 Å². The largest absolute Gasteiger partial charge is 0.497 e. The number of carbonyl (C=O) groups excluding carboxylic acids is 2. The van der Waals surface area contributed by atoms with Crippen LogP contribution in [0.1, 0.15) is 16.1 Å². The third-order valence-electron chi connectivity index (χ3n) is 3.91. The SMILES string of the molecule is COc1ccc(-n2nc(C(N)=O)cc2-c2ccc(COC(N)=O)cc2)cc1. The topological polar surface area (TPSA) is 122 Å². The molecule has 3 rings (SSSR count). The summed E-state index contributed by atoms with van der Waals surface area (Å²) in [5.74, 6) is 0.0939. The summed E-state index contributed by atoms with van der Waals surface area (Å²) in [6.07, 6.45) is -0.831. The molecule has 0 unspecified atom stereocenters. The summed E-state index contributed by atoms with van der Waals surface area (Å²) < 4.78 is 11.6. The van der Waals surface area contributed by atoms with Crippen molar-refractivity contribution in [2.75, 3.05) is 7.11 Å². The van der Waals surface area contributed by atoms with Gasteiger partial charge in [0.05, 0.1) is 18.5 Å². The van der Waals surface area contributed by atoms with Crippen LogP contribution in [0.2, 0.25) is 0 Å². The second-order valence-corrected chi connectivity index (χ2v) is 5.69. The first-order valence-electron chi connectivity index (χ1n) is 8.04. The maximum absolute atomic E-state index is 11.6. The van der Waals surface area contributed by atoms with Gasteiger partial charge in [-0.3, -0.25) is 4.79 Å². The molecule has 0 atom stereocenters. The van der Waals surface area contributed by atoms with Crippen LogP contribution in [-0.4, -0.2) is 28.9 Å². The summed E-state index contributed by atoms with van der Waals surface area (Å²) in [5.41, 5.74) is 13.6. The fourth-order valence-electron chi connectivity index (χ4n) is 2.55. The van der Waals surface area contributed by atoms with E-state index in [9.17, 15) is 9.59 Å². The van der Waals surface area contributed by atoms with E-state index in [0.717, 1.165) is 16.8 Å². The lowest BCUT2D eigenvalue weighted by molar-refractivity contribution is 0.0995. The Kier molecular flexibility index (Phi) is 5.07. The van der Waals surface area contributed by atoms with E-state index >= 15 is 0 Å². The van der Waals surface area contributed by atoms with Crippen molar-refractivity contribution in [2.24, 2.45) is 11.5 Å². The molecular formula is C19H18N4O4. The van der Waals surface area contributed by atoms with E-state index in [1.807, 2.05) is 24.3 Å². The lowest BCUT2D eigenvalue weighted by Crippen LogP contribution is -2.12. The zero-order chi connectivity index (χ0) is 19.4. The number of hydrogen-bond acceptors (Lipinski definition) is 5. The predicted octanol–water partition coefficient (Wildman–Crippen LogP) is 2.24. The predicted molar refractivity (Wildman–Crippen MR) is 98.4 cm³/mol. The number of rotatable bonds is 6. The third-order valence-corrected chi connectivity index (χ3v) is 3.91. The van der Waals surface area contributed by atoms with Crippen molar-refractivity contribution in [1.29, 1.82) is 0 Å². The molecule has 0 saturated heterocycles. The Morgan fingerprint density at radius 3 is 2.26 bits per heavy atom. The van der Waals surface area contributed by atoms with Crippen molar-refractivity contribution in [2.45, 2.75) is 6.61 Å². The fraction of sp³-hybridized carbons (Fsp3) is 0.105. The standard InChI is InChI=1S/C19H18N4O4/c1-26-15-8-6-14(7-9-15)23-17(10-16(22-23)18(20)24)13-4-2-12(3-5-13)11-27-19(21)25/h2-10H,11H2,1H3,(H2,20,24)(H2,21,25). The normalized spacial score (nSPS) is 10.4. The minimum Gasteiger partial charge on any atom is -0.497 e. The Hall–Kier alpha value is -3.81. The van der Waals surface area contributed by atoms with Crippen LogP contribution in [0, 0.1) is 0 Å². The van der Waals surface area contributed by atoms with E-state index in [0.29, 0.717) is 11.4 Å². The number of nitrogens with zero attached hydrogens (tertiary/aromatic N) is 2. The molecule has 8 heteroatoms. The van der Waals surface area contributed by atoms with E-state index in [1.54, 1.807) is 42.1 Å². The highest BCUT2D eigenvalue weighted by molar-refractivity contribution is 5.92. The molecule has 0 spiro atoms. The van der Waals surface area contributed by atoms with Crippen molar-refractivity contribution >= 4 is 12.0 Å². The molecule has 0 aliphatic carbocycles. The zero-order valence-corrected chi connectivity index (χ0v) is 14.6. The van der Waals surface area contributed by atoms with Crippen LogP contribution in [0.5, 0.6) is 5.75 Å². The van der Waals surface area contributed by atoms with Gasteiger partial charge < -0.3 is 20.9 Å². The van der Waals surface area contributed by atoms with Gasteiger partial charge in [-0.2, -0.15) is 5.10 Å². The molecule has 27 heavy (non-hydrogen) atoms. The second-order valence-electron chi connectivity index (χ2n) is 5.69. The van der Waals surface area contributed by atoms with Crippen molar-refractivity contribution in [1.82, 2.24) is 9.78 Å². The monoisotopic (exact) mass is 366 g/mol. The summed E-state index contributed by atoms with van der Waals surface area (Å²) in [5, 5.41) is 4.31. The first-order chi connectivity index (χ1) is 13.0. The minimum absolute atomic E-state index is 0.0832. The molecule has 0 radical (unpaired) electrons. The number of aromatic nitrogens is 2. The van der Waals surface area contributed by atoms with E-state index in [2.05, 4.69) is 5.10 Å². The Balaban J connectivity index is 1.98. The smallest absolute Gasteiger partial charge is 0.404 e. The molecule has 1 heterocycles. The van der Waals surface area contributed by atoms with Crippen LogP contribution < -0.4 is 16.2 Å². The number of nitrogens with two attached hydrogens (primary N) is 2. The highest BCUT2D eigenvalue weighted by atomic mass is 16.5. The zero-order valence-electron chi connectivity index (χ0n) is 14.6. The van der Waals surface area contributed by atoms with Gasteiger partial charge in [0, 0.05) is 5.56 Å². The summed E-state index contributed by atoms with van der Waals surface area (Å²) in [6, 6.07) is 16.2. The maximum Gasteiger partial charge on any atom is 0.404 e. The van der Waals surface area contributed by atoms with E-state index in [1.165, 1.54) is 0 Å². The van der Waals surface area contributed by atoms with Crippen LogP contribution in [-0.2, 0) is 11.3 Å². The molecule has 2 amide bonds.